The van der Waals surface area contributed by atoms with Crippen LogP contribution in [0.25, 0.3) is 0 Å². The van der Waals surface area contributed by atoms with E-state index in [0.29, 0.717) is 11.5 Å². The Balaban J connectivity index is 1.85. The van der Waals surface area contributed by atoms with Gasteiger partial charge in [0, 0.05) is 11.9 Å². The molecular formula is C10H17BrO. The topological polar surface area (TPSA) is 9.23 Å². The van der Waals surface area contributed by atoms with Crippen LogP contribution in [0, 0.1) is 11.3 Å². The highest BCUT2D eigenvalue weighted by atomic mass is 79.9. The summed E-state index contributed by atoms with van der Waals surface area (Å²) in [6.45, 7) is 3.35. The molecule has 1 heterocycles. The molecule has 1 aliphatic carbocycles. The average Bonchev–Trinajstić information content (AvgIpc) is 2.51. The molecule has 3 atom stereocenters. The summed E-state index contributed by atoms with van der Waals surface area (Å²) < 4.78 is 5.66. The van der Waals surface area contributed by atoms with Gasteiger partial charge in [-0.1, -0.05) is 22.9 Å². The molecular weight excluding hydrogens is 216 g/mol. The van der Waals surface area contributed by atoms with Gasteiger partial charge in [0.25, 0.3) is 0 Å². The van der Waals surface area contributed by atoms with Crippen LogP contribution in [0.5, 0.6) is 0 Å². The first-order valence-corrected chi connectivity index (χ1v) is 6.06. The molecule has 0 spiro atoms. The molecule has 2 heteroatoms. The second kappa shape index (κ2) is 3.30. The normalized spacial score (nSPS) is 46.5. The number of alkyl halides is 1. The number of rotatable bonds is 3. The van der Waals surface area contributed by atoms with Crippen LogP contribution in [0.1, 0.15) is 32.6 Å². The maximum absolute atomic E-state index is 5.66. The second-order valence-corrected chi connectivity index (χ2v) is 5.00. The summed E-state index contributed by atoms with van der Waals surface area (Å²) in [6.07, 6.45) is 5.84. The monoisotopic (exact) mass is 232 g/mol. The smallest absolute Gasteiger partial charge is 0.0581 e. The molecule has 2 rings (SSSR count). The Morgan fingerprint density at radius 2 is 2.33 bits per heavy atom. The molecule has 3 unspecified atom stereocenters. The van der Waals surface area contributed by atoms with Crippen molar-refractivity contribution in [2.45, 2.75) is 38.7 Å². The number of ether oxygens (including phenoxy) is 1. The number of hydrogen-bond donors (Lipinski definition) is 0. The van der Waals surface area contributed by atoms with E-state index in [1.165, 1.54) is 31.0 Å². The van der Waals surface area contributed by atoms with Crippen LogP contribution in [0.15, 0.2) is 0 Å². The van der Waals surface area contributed by atoms with E-state index in [-0.39, 0.29) is 0 Å². The van der Waals surface area contributed by atoms with Gasteiger partial charge in [-0.15, -0.1) is 0 Å². The van der Waals surface area contributed by atoms with Gasteiger partial charge in [0.2, 0.25) is 0 Å². The van der Waals surface area contributed by atoms with Crippen molar-refractivity contribution in [3.63, 3.8) is 0 Å². The minimum Gasteiger partial charge on any atom is -0.378 e. The Morgan fingerprint density at radius 3 is 2.75 bits per heavy atom. The molecule has 1 saturated heterocycles. The van der Waals surface area contributed by atoms with E-state index in [0.717, 1.165) is 12.5 Å². The van der Waals surface area contributed by atoms with Crippen molar-refractivity contribution in [3.8, 4) is 0 Å². The summed E-state index contributed by atoms with van der Waals surface area (Å²) >= 11 is 3.63. The summed E-state index contributed by atoms with van der Waals surface area (Å²) in [5, 5.41) is 1.17. The van der Waals surface area contributed by atoms with Gasteiger partial charge in [-0.25, -0.2) is 0 Å². The minimum atomic E-state index is 0.576. The van der Waals surface area contributed by atoms with Gasteiger partial charge in [-0.3, -0.25) is 0 Å². The Bertz CT molecular complexity index is 161. The zero-order valence-electron chi connectivity index (χ0n) is 7.68. The molecule has 0 aromatic heterocycles. The third-order valence-electron chi connectivity index (χ3n) is 3.52. The first kappa shape index (κ1) is 9.01. The molecule has 0 amide bonds. The number of halogens is 1. The van der Waals surface area contributed by atoms with E-state index >= 15 is 0 Å². The molecule has 70 valence electrons. The maximum Gasteiger partial charge on any atom is 0.0581 e. The fraction of sp³-hybridized carbons (Fsp3) is 1.00. The van der Waals surface area contributed by atoms with Crippen LogP contribution in [0.2, 0.25) is 0 Å². The Kier molecular flexibility index (Phi) is 2.48. The predicted octanol–water partition coefficient (Wildman–Crippen LogP) is 2.98. The lowest BCUT2D eigenvalue weighted by molar-refractivity contribution is 0.0870. The average molecular weight is 233 g/mol. The Hall–Kier alpha value is 0.440. The molecule has 0 N–H and O–H groups in total. The lowest BCUT2D eigenvalue weighted by atomic mass is 9.97. The maximum atomic E-state index is 5.66. The van der Waals surface area contributed by atoms with Crippen LogP contribution in [-0.4, -0.2) is 18.0 Å². The first-order valence-electron chi connectivity index (χ1n) is 4.94. The van der Waals surface area contributed by atoms with Crippen molar-refractivity contribution < 1.29 is 4.74 Å². The second-order valence-electron chi connectivity index (χ2n) is 4.44. The van der Waals surface area contributed by atoms with Crippen LogP contribution < -0.4 is 0 Å². The highest BCUT2D eigenvalue weighted by molar-refractivity contribution is 9.09. The van der Waals surface area contributed by atoms with Crippen LogP contribution in [0.3, 0.4) is 0 Å². The molecule has 0 bridgehead atoms. The van der Waals surface area contributed by atoms with Gasteiger partial charge in [0.1, 0.15) is 0 Å². The van der Waals surface area contributed by atoms with Crippen molar-refractivity contribution in [2.24, 2.45) is 11.3 Å². The van der Waals surface area contributed by atoms with Crippen molar-refractivity contribution in [1.82, 2.24) is 0 Å². The fourth-order valence-electron chi connectivity index (χ4n) is 2.33. The SMILES string of the molecule is CC1CC1(CBr)CC1CCCO1. The van der Waals surface area contributed by atoms with Crippen molar-refractivity contribution in [3.05, 3.63) is 0 Å². The van der Waals surface area contributed by atoms with Gasteiger partial charge in [0.15, 0.2) is 0 Å². The lowest BCUT2D eigenvalue weighted by Gasteiger charge is -2.17. The molecule has 1 aliphatic heterocycles. The zero-order chi connectivity index (χ0) is 8.60. The van der Waals surface area contributed by atoms with Crippen LogP contribution in [0.4, 0.5) is 0 Å². The van der Waals surface area contributed by atoms with Crippen molar-refractivity contribution in [1.29, 1.82) is 0 Å². The standard InChI is InChI=1S/C10H17BrO/c1-8-5-10(8,7-11)6-9-3-2-4-12-9/h8-9H,2-7H2,1H3. The van der Waals surface area contributed by atoms with Crippen LogP contribution in [-0.2, 0) is 4.74 Å². The molecule has 2 aliphatic rings. The van der Waals surface area contributed by atoms with Crippen molar-refractivity contribution in [2.75, 3.05) is 11.9 Å². The molecule has 0 aromatic carbocycles. The third kappa shape index (κ3) is 1.56. The van der Waals surface area contributed by atoms with E-state index in [1.54, 1.807) is 0 Å². The lowest BCUT2D eigenvalue weighted by Crippen LogP contribution is -2.16. The van der Waals surface area contributed by atoms with Gasteiger partial charge in [-0.2, -0.15) is 0 Å². The van der Waals surface area contributed by atoms with Crippen molar-refractivity contribution >= 4 is 15.9 Å². The van der Waals surface area contributed by atoms with E-state index in [1.807, 2.05) is 0 Å². The summed E-state index contributed by atoms with van der Waals surface area (Å²) in [4.78, 5) is 0. The quantitative estimate of drug-likeness (QED) is 0.681. The molecule has 2 fully saturated rings. The minimum absolute atomic E-state index is 0.576. The highest BCUT2D eigenvalue weighted by Gasteiger charge is 2.51. The molecule has 1 saturated carbocycles. The van der Waals surface area contributed by atoms with Gasteiger partial charge < -0.3 is 4.74 Å². The van der Waals surface area contributed by atoms with E-state index in [4.69, 9.17) is 4.74 Å². The van der Waals surface area contributed by atoms with E-state index in [2.05, 4.69) is 22.9 Å². The van der Waals surface area contributed by atoms with Gasteiger partial charge in [-0.05, 0) is 37.0 Å². The highest BCUT2D eigenvalue weighted by Crippen LogP contribution is 2.57. The fourth-order valence-corrected chi connectivity index (χ4v) is 3.35. The largest absolute Gasteiger partial charge is 0.378 e. The van der Waals surface area contributed by atoms with Gasteiger partial charge in [0.05, 0.1) is 6.10 Å². The van der Waals surface area contributed by atoms with E-state index < -0.39 is 0 Å². The molecule has 1 nitrogen and oxygen atoms in total. The summed E-state index contributed by atoms with van der Waals surface area (Å²) in [6, 6.07) is 0. The molecule has 12 heavy (non-hydrogen) atoms. The molecule has 0 aromatic rings. The van der Waals surface area contributed by atoms with Gasteiger partial charge >= 0.3 is 0 Å². The summed E-state index contributed by atoms with van der Waals surface area (Å²) in [5.74, 6) is 0.918. The first-order chi connectivity index (χ1) is 5.77. The summed E-state index contributed by atoms with van der Waals surface area (Å²) in [7, 11) is 0. The Labute approximate surface area is 83.0 Å². The predicted molar refractivity (Wildman–Crippen MR) is 53.6 cm³/mol. The third-order valence-corrected chi connectivity index (χ3v) is 4.64. The number of hydrogen-bond acceptors (Lipinski definition) is 1. The Morgan fingerprint density at radius 1 is 1.58 bits per heavy atom. The molecule has 0 radical (unpaired) electrons. The zero-order valence-corrected chi connectivity index (χ0v) is 9.27. The van der Waals surface area contributed by atoms with E-state index in [9.17, 15) is 0 Å². The summed E-state index contributed by atoms with van der Waals surface area (Å²) in [5.41, 5.74) is 0.606. The van der Waals surface area contributed by atoms with Crippen LogP contribution >= 0.6 is 15.9 Å².